The van der Waals surface area contributed by atoms with Crippen molar-refractivity contribution in [1.82, 2.24) is 15.5 Å². The van der Waals surface area contributed by atoms with Crippen LogP contribution < -0.4 is 5.32 Å². The third-order valence-corrected chi connectivity index (χ3v) is 2.88. The van der Waals surface area contributed by atoms with Gasteiger partial charge in [-0.25, -0.2) is 0 Å². The normalized spacial score (nSPS) is 10.8. The van der Waals surface area contributed by atoms with Crippen LogP contribution >= 0.6 is 11.6 Å². The van der Waals surface area contributed by atoms with Crippen LogP contribution in [0.25, 0.3) is 0 Å². The summed E-state index contributed by atoms with van der Waals surface area (Å²) in [6.07, 6.45) is 1.65. The largest absolute Gasteiger partial charge is 0.424 e. The number of benzene rings is 1. The standard InChI is InChI=1S/C13H16ClN3O/c1-2-7-15-9-13-17-16-12(18-13)8-10-5-3-4-6-11(10)14/h3-6,15H,2,7-9H2,1H3. The molecule has 4 nitrogen and oxygen atoms in total. The zero-order valence-corrected chi connectivity index (χ0v) is 11.1. The summed E-state index contributed by atoms with van der Waals surface area (Å²) in [5, 5.41) is 11.9. The van der Waals surface area contributed by atoms with E-state index in [4.69, 9.17) is 16.0 Å². The van der Waals surface area contributed by atoms with E-state index in [0.29, 0.717) is 24.7 Å². The maximum Gasteiger partial charge on any atom is 0.230 e. The molecular weight excluding hydrogens is 250 g/mol. The van der Waals surface area contributed by atoms with Crippen molar-refractivity contribution >= 4 is 11.6 Å². The topological polar surface area (TPSA) is 51.0 Å². The molecule has 1 heterocycles. The molecule has 0 saturated carbocycles. The number of aromatic nitrogens is 2. The van der Waals surface area contributed by atoms with Crippen molar-refractivity contribution in [3.8, 4) is 0 Å². The van der Waals surface area contributed by atoms with Gasteiger partial charge in [0.1, 0.15) is 0 Å². The lowest BCUT2D eigenvalue weighted by Crippen LogP contribution is -2.13. The molecule has 0 aliphatic carbocycles. The lowest BCUT2D eigenvalue weighted by molar-refractivity contribution is 0.439. The molecule has 1 N–H and O–H groups in total. The second kappa shape index (κ2) is 6.52. The van der Waals surface area contributed by atoms with Gasteiger partial charge in [0, 0.05) is 5.02 Å². The van der Waals surface area contributed by atoms with E-state index in [2.05, 4.69) is 22.4 Å². The summed E-state index contributed by atoms with van der Waals surface area (Å²) in [5.74, 6) is 1.21. The van der Waals surface area contributed by atoms with Gasteiger partial charge in [-0.3, -0.25) is 0 Å². The number of nitrogens with zero attached hydrogens (tertiary/aromatic N) is 2. The fourth-order valence-electron chi connectivity index (χ4n) is 1.61. The van der Waals surface area contributed by atoms with Crippen molar-refractivity contribution in [2.75, 3.05) is 6.54 Å². The van der Waals surface area contributed by atoms with Crippen LogP contribution in [0.5, 0.6) is 0 Å². The minimum absolute atomic E-state index is 0.570. The minimum Gasteiger partial charge on any atom is -0.424 e. The van der Waals surface area contributed by atoms with E-state index in [0.717, 1.165) is 23.6 Å². The lowest BCUT2D eigenvalue weighted by atomic mass is 10.1. The molecule has 0 radical (unpaired) electrons. The van der Waals surface area contributed by atoms with E-state index < -0.39 is 0 Å². The lowest BCUT2D eigenvalue weighted by Gasteiger charge is -1.99. The highest BCUT2D eigenvalue weighted by Gasteiger charge is 2.08. The smallest absolute Gasteiger partial charge is 0.230 e. The first-order valence-electron chi connectivity index (χ1n) is 6.05. The summed E-state index contributed by atoms with van der Waals surface area (Å²) in [7, 11) is 0. The highest BCUT2D eigenvalue weighted by atomic mass is 35.5. The molecule has 0 fully saturated rings. The predicted octanol–water partition coefficient (Wildman–Crippen LogP) is 2.81. The van der Waals surface area contributed by atoms with Gasteiger partial charge in [-0.2, -0.15) is 0 Å². The van der Waals surface area contributed by atoms with E-state index in [1.54, 1.807) is 0 Å². The minimum atomic E-state index is 0.570. The van der Waals surface area contributed by atoms with Gasteiger partial charge in [0.25, 0.3) is 0 Å². The molecular formula is C13H16ClN3O. The van der Waals surface area contributed by atoms with Gasteiger partial charge >= 0.3 is 0 Å². The number of rotatable bonds is 6. The summed E-state index contributed by atoms with van der Waals surface area (Å²) in [4.78, 5) is 0. The maximum absolute atomic E-state index is 6.08. The third-order valence-electron chi connectivity index (χ3n) is 2.51. The average Bonchev–Trinajstić information content (AvgIpc) is 2.80. The third kappa shape index (κ3) is 3.55. The van der Waals surface area contributed by atoms with Gasteiger partial charge in [0.15, 0.2) is 0 Å². The fourth-order valence-corrected chi connectivity index (χ4v) is 1.81. The highest BCUT2D eigenvalue weighted by molar-refractivity contribution is 6.31. The molecule has 0 amide bonds. The van der Waals surface area contributed by atoms with Gasteiger partial charge in [-0.05, 0) is 24.6 Å². The Morgan fingerprint density at radius 1 is 1.22 bits per heavy atom. The van der Waals surface area contributed by atoms with Crippen molar-refractivity contribution in [2.24, 2.45) is 0 Å². The van der Waals surface area contributed by atoms with Crippen molar-refractivity contribution in [2.45, 2.75) is 26.3 Å². The van der Waals surface area contributed by atoms with E-state index in [9.17, 15) is 0 Å². The SMILES string of the molecule is CCCNCc1nnc(Cc2ccccc2Cl)o1. The highest BCUT2D eigenvalue weighted by Crippen LogP contribution is 2.18. The van der Waals surface area contributed by atoms with Gasteiger partial charge in [-0.15, -0.1) is 10.2 Å². The first-order valence-corrected chi connectivity index (χ1v) is 6.42. The number of hydrogen-bond acceptors (Lipinski definition) is 4. The predicted molar refractivity (Wildman–Crippen MR) is 70.6 cm³/mol. The van der Waals surface area contributed by atoms with Gasteiger partial charge in [0.05, 0.1) is 13.0 Å². The van der Waals surface area contributed by atoms with Crippen LogP contribution in [-0.4, -0.2) is 16.7 Å². The van der Waals surface area contributed by atoms with Crippen LogP contribution in [0, 0.1) is 0 Å². The molecule has 2 rings (SSSR count). The Morgan fingerprint density at radius 3 is 2.78 bits per heavy atom. The van der Waals surface area contributed by atoms with Crippen LogP contribution in [-0.2, 0) is 13.0 Å². The Labute approximate surface area is 111 Å². The Kier molecular flexibility index (Phi) is 4.73. The molecule has 0 aliphatic rings. The molecule has 1 aromatic carbocycles. The van der Waals surface area contributed by atoms with Crippen LogP contribution in [0.3, 0.4) is 0 Å². The van der Waals surface area contributed by atoms with Crippen molar-refractivity contribution in [1.29, 1.82) is 0 Å². The molecule has 0 unspecified atom stereocenters. The van der Waals surface area contributed by atoms with Crippen molar-refractivity contribution < 1.29 is 4.42 Å². The molecule has 0 saturated heterocycles. The van der Waals surface area contributed by atoms with E-state index >= 15 is 0 Å². The average molecular weight is 266 g/mol. The fraction of sp³-hybridized carbons (Fsp3) is 0.385. The number of halogens is 1. The summed E-state index contributed by atoms with van der Waals surface area (Å²) in [5.41, 5.74) is 0.996. The molecule has 0 atom stereocenters. The zero-order chi connectivity index (χ0) is 12.8. The molecule has 18 heavy (non-hydrogen) atoms. The van der Waals surface area contributed by atoms with Crippen molar-refractivity contribution in [3.05, 3.63) is 46.6 Å². The van der Waals surface area contributed by atoms with E-state index in [1.807, 2.05) is 24.3 Å². The summed E-state index contributed by atoms with van der Waals surface area (Å²) in [6.45, 7) is 3.68. The molecule has 0 bridgehead atoms. The van der Waals surface area contributed by atoms with Gasteiger partial charge < -0.3 is 9.73 Å². The number of hydrogen-bond donors (Lipinski definition) is 1. The summed E-state index contributed by atoms with van der Waals surface area (Å²) < 4.78 is 5.55. The van der Waals surface area contributed by atoms with E-state index in [-0.39, 0.29) is 0 Å². The molecule has 5 heteroatoms. The first-order chi connectivity index (χ1) is 8.79. The molecule has 2 aromatic rings. The quantitative estimate of drug-likeness (QED) is 0.816. The van der Waals surface area contributed by atoms with Crippen LogP contribution in [0.4, 0.5) is 0 Å². The summed E-state index contributed by atoms with van der Waals surface area (Å²) in [6, 6.07) is 7.67. The van der Waals surface area contributed by atoms with Crippen LogP contribution in [0.1, 0.15) is 30.7 Å². The van der Waals surface area contributed by atoms with Gasteiger partial charge in [-0.1, -0.05) is 36.7 Å². The Morgan fingerprint density at radius 2 is 2.00 bits per heavy atom. The Balaban J connectivity index is 1.96. The van der Waals surface area contributed by atoms with Crippen LogP contribution in [0.2, 0.25) is 5.02 Å². The second-order valence-corrected chi connectivity index (χ2v) is 4.44. The molecule has 96 valence electrons. The zero-order valence-electron chi connectivity index (χ0n) is 10.3. The van der Waals surface area contributed by atoms with Gasteiger partial charge in [0.2, 0.25) is 11.8 Å². The molecule has 1 aromatic heterocycles. The van der Waals surface area contributed by atoms with Crippen LogP contribution in [0.15, 0.2) is 28.7 Å². The number of nitrogens with one attached hydrogen (secondary N) is 1. The monoisotopic (exact) mass is 265 g/mol. The summed E-state index contributed by atoms with van der Waals surface area (Å²) >= 11 is 6.08. The second-order valence-electron chi connectivity index (χ2n) is 4.03. The molecule has 0 aliphatic heterocycles. The Bertz CT molecular complexity index is 498. The first kappa shape index (κ1) is 13.1. The Hall–Kier alpha value is -1.39. The molecule has 0 spiro atoms. The van der Waals surface area contributed by atoms with E-state index in [1.165, 1.54) is 0 Å². The maximum atomic E-state index is 6.08. The van der Waals surface area contributed by atoms with Crippen molar-refractivity contribution in [3.63, 3.8) is 0 Å².